The Hall–Kier alpha value is -1.88. The minimum absolute atomic E-state index is 0.0751. The van der Waals surface area contributed by atoms with Crippen molar-refractivity contribution in [3.8, 4) is 0 Å². The highest BCUT2D eigenvalue weighted by atomic mass is 35.5. The van der Waals surface area contributed by atoms with Gasteiger partial charge in [-0.3, -0.25) is 14.5 Å². The Morgan fingerprint density at radius 2 is 2.08 bits per heavy atom. The van der Waals surface area contributed by atoms with E-state index in [4.69, 9.17) is 11.6 Å². The Kier molecular flexibility index (Phi) is 5.19. The molecule has 24 heavy (non-hydrogen) atoms. The molecule has 1 aliphatic rings. The molecule has 1 saturated carbocycles. The highest BCUT2D eigenvalue weighted by Gasteiger charge is 2.24. The summed E-state index contributed by atoms with van der Waals surface area (Å²) < 4.78 is 2.07. The summed E-state index contributed by atoms with van der Waals surface area (Å²) in [7, 11) is 0. The zero-order chi connectivity index (χ0) is 17.1. The molecule has 3 rings (SSSR count). The molecule has 2 heterocycles. The van der Waals surface area contributed by atoms with Crippen LogP contribution in [0.3, 0.4) is 0 Å². The van der Waals surface area contributed by atoms with Crippen LogP contribution < -0.4 is 5.32 Å². The van der Waals surface area contributed by atoms with Crippen LogP contribution in [0.1, 0.15) is 47.4 Å². The Morgan fingerprint density at radius 3 is 2.75 bits per heavy atom. The first-order chi connectivity index (χ1) is 11.5. The Bertz CT molecular complexity index is 720. The number of amides is 1. The lowest BCUT2D eigenvalue weighted by Crippen LogP contribution is -2.38. The molecule has 0 radical (unpaired) electrons. The van der Waals surface area contributed by atoms with Crippen LogP contribution >= 0.6 is 11.6 Å². The Balaban J connectivity index is 1.52. The molecule has 1 amide bonds. The van der Waals surface area contributed by atoms with Gasteiger partial charge in [0.25, 0.3) is 5.91 Å². The summed E-state index contributed by atoms with van der Waals surface area (Å²) in [6, 6.07) is 3.95. The van der Waals surface area contributed by atoms with Crippen LogP contribution in [0.2, 0.25) is 5.02 Å². The number of carbonyl (C=O) groups is 1. The van der Waals surface area contributed by atoms with Gasteiger partial charge in [-0.2, -0.15) is 5.10 Å². The fourth-order valence-corrected chi connectivity index (χ4v) is 3.48. The minimum Gasteiger partial charge on any atom is -0.349 e. The number of hydrogen-bond acceptors (Lipinski definition) is 3. The van der Waals surface area contributed by atoms with Gasteiger partial charge < -0.3 is 5.32 Å². The number of carbonyl (C=O) groups excluding carboxylic acids is 1. The molecule has 0 saturated heterocycles. The second kappa shape index (κ2) is 7.34. The van der Waals surface area contributed by atoms with Crippen molar-refractivity contribution in [2.24, 2.45) is 5.92 Å². The maximum Gasteiger partial charge on any atom is 0.253 e. The number of hydrogen-bond donors (Lipinski definition) is 1. The maximum absolute atomic E-state index is 12.4. The maximum atomic E-state index is 12.4. The van der Waals surface area contributed by atoms with E-state index in [1.807, 2.05) is 19.2 Å². The summed E-state index contributed by atoms with van der Waals surface area (Å²) in [5.41, 5.74) is 2.48. The third-order valence-corrected chi connectivity index (χ3v) is 5.05. The standard InChI is InChI=1S/C18H23ClN4O/c1-12-7-8-21-23(12)11-14-3-5-16(6-4-14)22-18(24)17-9-15(19)10-20-13(17)2/h7-10,14,16H,3-6,11H2,1-2H3,(H,22,24). The van der Waals surface area contributed by atoms with Gasteiger partial charge in [-0.15, -0.1) is 0 Å². The van der Waals surface area contributed by atoms with Gasteiger partial charge in [0.1, 0.15) is 0 Å². The average Bonchev–Trinajstić information content (AvgIpc) is 2.96. The average molecular weight is 347 g/mol. The van der Waals surface area contributed by atoms with Crippen molar-refractivity contribution >= 4 is 17.5 Å². The van der Waals surface area contributed by atoms with Crippen molar-refractivity contribution in [3.05, 3.63) is 46.5 Å². The first kappa shape index (κ1) is 17.0. The van der Waals surface area contributed by atoms with Crippen LogP contribution in [0.5, 0.6) is 0 Å². The number of rotatable bonds is 4. The van der Waals surface area contributed by atoms with E-state index >= 15 is 0 Å². The number of aromatic nitrogens is 3. The first-order valence-corrected chi connectivity index (χ1v) is 8.82. The predicted octanol–water partition coefficient (Wildman–Crippen LogP) is 3.54. The molecule has 6 heteroatoms. The highest BCUT2D eigenvalue weighted by Crippen LogP contribution is 2.26. The molecule has 5 nitrogen and oxygen atoms in total. The van der Waals surface area contributed by atoms with E-state index in [0.717, 1.165) is 32.2 Å². The van der Waals surface area contributed by atoms with E-state index in [9.17, 15) is 4.79 Å². The molecule has 128 valence electrons. The van der Waals surface area contributed by atoms with Crippen molar-refractivity contribution in [3.63, 3.8) is 0 Å². The van der Waals surface area contributed by atoms with E-state index in [2.05, 4.69) is 27.0 Å². The van der Waals surface area contributed by atoms with Crippen LogP contribution in [0.4, 0.5) is 0 Å². The van der Waals surface area contributed by atoms with E-state index in [1.165, 1.54) is 5.69 Å². The van der Waals surface area contributed by atoms with Crippen LogP contribution in [-0.4, -0.2) is 26.7 Å². The molecule has 0 aliphatic heterocycles. The Morgan fingerprint density at radius 1 is 1.33 bits per heavy atom. The third kappa shape index (κ3) is 3.96. The van der Waals surface area contributed by atoms with Crippen LogP contribution in [0, 0.1) is 19.8 Å². The van der Waals surface area contributed by atoms with Crippen LogP contribution in [0.25, 0.3) is 0 Å². The lowest BCUT2D eigenvalue weighted by Gasteiger charge is -2.29. The van der Waals surface area contributed by atoms with E-state index < -0.39 is 0 Å². The highest BCUT2D eigenvalue weighted by molar-refractivity contribution is 6.30. The summed E-state index contributed by atoms with van der Waals surface area (Å²) >= 11 is 5.95. The quantitative estimate of drug-likeness (QED) is 0.921. The molecule has 2 aromatic rings. The number of nitrogens with one attached hydrogen (secondary N) is 1. The Labute approximate surface area is 147 Å². The second-order valence-electron chi connectivity index (χ2n) is 6.63. The molecular weight excluding hydrogens is 324 g/mol. The summed E-state index contributed by atoms with van der Waals surface area (Å²) in [5.74, 6) is 0.556. The van der Waals surface area contributed by atoms with Crippen molar-refractivity contribution < 1.29 is 4.79 Å². The molecule has 1 aliphatic carbocycles. The molecule has 2 aromatic heterocycles. The molecule has 0 atom stereocenters. The van der Waals surface area contributed by atoms with Gasteiger partial charge in [0.05, 0.1) is 16.3 Å². The number of pyridine rings is 1. The largest absolute Gasteiger partial charge is 0.349 e. The van der Waals surface area contributed by atoms with Crippen LogP contribution in [-0.2, 0) is 6.54 Å². The molecule has 0 aromatic carbocycles. The minimum atomic E-state index is -0.0751. The summed E-state index contributed by atoms with van der Waals surface area (Å²) in [4.78, 5) is 16.6. The smallest absolute Gasteiger partial charge is 0.253 e. The van der Waals surface area contributed by atoms with Crippen molar-refractivity contribution in [2.75, 3.05) is 0 Å². The number of halogens is 1. The fraction of sp³-hybridized carbons (Fsp3) is 0.500. The molecule has 0 bridgehead atoms. The van der Waals surface area contributed by atoms with Crippen molar-refractivity contribution in [2.45, 2.75) is 52.1 Å². The molecule has 1 N–H and O–H groups in total. The molecule has 0 spiro atoms. The molecule has 1 fully saturated rings. The fourth-order valence-electron chi connectivity index (χ4n) is 3.32. The van der Waals surface area contributed by atoms with Gasteiger partial charge in [-0.1, -0.05) is 11.6 Å². The summed E-state index contributed by atoms with van der Waals surface area (Å²) in [6.45, 7) is 4.88. The van der Waals surface area contributed by atoms with Gasteiger partial charge in [0.15, 0.2) is 0 Å². The predicted molar refractivity (Wildman–Crippen MR) is 94.2 cm³/mol. The number of aryl methyl sites for hydroxylation is 2. The zero-order valence-corrected chi connectivity index (χ0v) is 14.9. The summed E-state index contributed by atoms with van der Waals surface area (Å²) in [5, 5.41) is 7.99. The van der Waals surface area contributed by atoms with Crippen molar-refractivity contribution in [1.82, 2.24) is 20.1 Å². The van der Waals surface area contributed by atoms with Gasteiger partial charge >= 0.3 is 0 Å². The van der Waals surface area contributed by atoms with Gasteiger partial charge in [-0.25, -0.2) is 0 Å². The normalized spacial score (nSPS) is 20.8. The van der Waals surface area contributed by atoms with E-state index in [0.29, 0.717) is 22.2 Å². The molecule has 0 unspecified atom stereocenters. The number of nitrogens with zero attached hydrogens (tertiary/aromatic N) is 3. The lowest BCUT2D eigenvalue weighted by atomic mass is 9.86. The van der Waals surface area contributed by atoms with Crippen molar-refractivity contribution in [1.29, 1.82) is 0 Å². The third-order valence-electron chi connectivity index (χ3n) is 4.84. The van der Waals surface area contributed by atoms with E-state index in [-0.39, 0.29) is 11.9 Å². The summed E-state index contributed by atoms with van der Waals surface area (Å²) in [6.07, 6.45) is 7.64. The first-order valence-electron chi connectivity index (χ1n) is 8.44. The second-order valence-corrected chi connectivity index (χ2v) is 7.07. The van der Waals surface area contributed by atoms with Crippen LogP contribution in [0.15, 0.2) is 24.5 Å². The SMILES string of the molecule is Cc1ncc(Cl)cc1C(=O)NC1CCC(Cn2nccc2C)CC1. The lowest BCUT2D eigenvalue weighted by molar-refractivity contribution is 0.0919. The van der Waals surface area contributed by atoms with Gasteiger partial charge in [0.2, 0.25) is 0 Å². The molecular formula is C18H23ClN4O. The van der Waals surface area contributed by atoms with E-state index in [1.54, 1.807) is 12.3 Å². The zero-order valence-electron chi connectivity index (χ0n) is 14.1. The van der Waals surface area contributed by atoms with Gasteiger partial charge in [0, 0.05) is 30.7 Å². The van der Waals surface area contributed by atoms with Gasteiger partial charge in [-0.05, 0) is 57.6 Å². The monoisotopic (exact) mass is 346 g/mol. The topological polar surface area (TPSA) is 59.8 Å².